The number of amides is 1. The van der Waals surface area contributed by atoms with Gasteiger partial charge in [0, 0.05) is 31.7 Å². The minimum atomic E-state index is 0.214. The maximum absolute atomic E-state index is 12.4. The molecule has 104 valence electrons. The van der Waals surface area contributed by atoms with Crippen molar-refractivity contribution >= 4 is 5.91 Å². The fourth-order valence-corrected chi connectivity index (χ4v) is 3.45. The van der Waals surface area contributed by atoms with E-state index in [1.54, 1.807) is 0 Å². The predicted octanol–water partition coefficient (Wildman–Crippen LogP) is 0.854. The Hall–Kier alpha value is -1.36. The summed E-state index contributed by atoms with van der Waals surface area (Å²) < 4.78 is 5.12. The van der Waals surface area contributed by atoms with Crippen LogP contribution in [0.3, 0.4) is 0 Å². The zero-order valence-corrected chi connectivity index (χ0v) is 11.8. The molecule has 5 nitrogen and oxygen atoms in total. The van der Waals surface area contributed by atoms with Crippen molar-refractivity contribution in [2.45, 2.75) is 20.3 Å². The molecule has 5 heteroatoms. The summed E-state index contributed by atoms with van der Waals surface area (Å²) in [5.74, 6) is 2.31. The Bertz CT molecular complexity index is 463. The van der Waals surface area contributed by atoms with Gasteiger partial charge in [-0.2, -0.15) is 0 Å². The minimum absolute atomic E-state index is 0.214. The Labute approximate surface area is 113 Å². The number of rotatable bonds is 2. The molecule has 1 aromatic rings. The first-order valence-corrected chi connectivity index (χ1v) is 6.92. The van der Waals surface area contributed by atoms with Crippen LogP contribution in [0.25, 0.3) is 0 Å². The number of carbonyl (C=O) groups excluding carboxylic acids is 1. The summed E-state index contributed by atoms with van der Waals surface area (Å²) in [6.45, 7) is 7.84. The lowest BCUT2D eigenvalue weighted by Crippen LogP contribution is -2.33. The Morgan fingerprint density at radius 1 is 1.26 bits per heavy atom. The monoisotopic (exact) mass is 263 g/mol. The first-order chi connectivity index (χ1) is 9.04. The normalized spacial score (nSPS) is 27.0. The number of hydrogen-bond acceptors (Lipinski definition) is 4. The summed E-state index contributed by atoms with van der Waals surface area (Å²) in [6.07, 6.45) is 0.427. The Kier molecular flexibility index (Phi) is 3.09. The van der Waals surface area contributed by atoms with E-state index in [9.17, 15) is 4.79 Å². The number of likely N-dealkylation sites (tertiary alicyclic amines) is 2. The molecule has 0 aliphatic carbocycles. The van der Waals surface area contributed by atoms with Gasteiger partial charge in [-0.05, 0) is 32.7 Å². The maximum Gasteiger partial charge on any atom is 0.227 e. The van der Waals surface area contributed by atoms with Crippen LogP contribution >= 0.6 is 0 Å². The van der Waals surface area contributed by atoms with Crippen molar-refractivity contribution in [3.63, 3.8) is 0 Å². The van der Waals surface area contributed by atoms with Gasteiger partial charge in [-0.15, -0.1) is 0 Å². The molecular weight excluding hydrogens is 242 g/mol. The largest absolute Gasteiger partial charge is 0.361 e. The molecule has 0 saturated carbocycles. The third-order valence-electron chi connectivity index (χ3n) is 4.53. The fourth-order valence-electron chi connectivity index (χ4n) is 3.45. The number of aryl methyl sites for hydroxylation is 2. The molecule has 19 heavy (non-hydrogen) atoms. The van der Waals surface area contributed by atoms with Crippen LogP contribution in [0.15, 0.2) is 4.52 Å². The first kappa shape index (κ1) is 12.7. The van der Waals surface area contributed by atoms with Gasteiger partial charge in [-0.25, -0.2) is 0 Å². The average Bonchev–Trinajstić information content (AvgIpc) is 2.96. The van der Waals surface area contributed by atoms with Crippen molar-refractivity contribution in [3.8, 4) is 0 Å². The highest BCUT2D eigenvalue weighted by Crippen LogP contribution is 2.30. The van der Waals surface area contributed by atoms with Crippen molar-refractivity contribution in [1.29, 1.82) is 0 Å². The number of hydrogen-bond donors (Lipinski definition) is 0. The van der Waals surface area contributed by atoms with E-state index in [4.69, 9.17) is 4.52 Å². The van der Waals surface area contributed by atoms with E-state index < -0.39 is 0 Å². The van der Waals surface area contributed by atoms with Crippen molar-refractivity contribution in [1.82, 2.24) is 15.0 Å². The quantitative estimate of drug-likeness (QED) is 0.794. The molecule has 3 heterocycles. The van der Waals surface area contributed by atoms with Gasteiger partial charge in [0.1, 0.15) is 5.76 Å². The second-order valence-corrected chi connectivity index (χ2v) is 6.02. The average molecular weight is 263 g/mol. The Morgan fingerprint density at radius 2 is 1.89 bits per heavy atom. The maximum atomic E-state index is 12.4. The lowest BCUT2D eigenvalue weighted by molar-refractivity contribution is -0.129. The van der Waals surface area contributed by atoms with Crippen molar-refractivity contribution in [3.05, 3.63) is 17.0 Å². The van der Waals surface area contributed by atoms with Crippen LogP contribution < -0.4 is 0 Å². The van der Waals surface area contributed by atoms with Gasteiger partial charge in [0.15, 0.2) is 0 Å². The zero-order valence-electron chi connectivity index (χ0n) is 11.8. The molecule has 2 saturated heterocycles. The van der Waals surface area contributed by atoms with Crippen LogP contribution in [-0.2, 0) is 11.2 Å². The van der Waals surface area contributed by atoms with Crippen molar-refractivity contribution < 1.29 is 9.32 Å². The molecule has 0 radical (unpaired) electrons. The molecule has 2 aliphatic rings. The molecule has 0 aromatic carbocycles. The van der Waals surface area contributed by atoms with E-state index in [1.807, 2.05) is 18.7 Å². The van der Waals surface area contributed by atoms with Crippen LogP contribution in [0.2, 0.25) is 0 Å². The molecule has 2 atom stereocenters. The van der Waals surface area contributed by atoms with Gasteiger partial charge < -0.3 is 14.3 Å². The van der Waals surface area contributed by atoms with Gasteiger partial charge >= 0.3 is 0 Å². The summed E-state index contributed by atoms with van der Waals surface area (Å²) in [6, 6.07) is 0. The number of fused-ring (bicyclic) bond motifs is 1. The standard InChI is InChI=1S/C14H21N3O2/c1-9-13(10(2)19-15-9)4-14(18)17-7-11-5-16(3)6-12(11)8-17/h11-12H,4-8H2,1-3H3. The van der Waals surface area contributed by atoms with Crippen LogP contribution in [0, 0.1) is 25.7 Å². The van der Waals surface area contributed by atoms with Gasteiger partial charge in [0.05, 0.1) is 12.1 Å². The van der Waals surface area contributed by atoms with E-state index in [0.29, 0.717) is 18.3 Å². The summed E-state index contributed by atoms with van der Waals surface area (Å²) in [4.78, 5) is 16.8. The molecule has 2 unspecified atom stereocenters. The summed E-state index contributed by atoms with van der Waals surface area (Å²) in [7, 11) is 2.16. The van der Waals surface area contributed by atoms with E-state index in [0.717, 1.165) is 43.2 Å². The van der Waals surface area contributed by atoms with Crippen LogP contribution in [0.5, 0.6) is 0 Å². The molecule has 2 fully saturated rings. The highest BCUT2D eigenvalue weighted by Gasteiger charge is 2.40. The minimum Gasteiger partial charge on any atom is -0.361 e. The molecular formula is C14H21N3O2. The summed E-state index contributed by atoms with van der Waals surface area (Å²) in [5, 5.41) is 3.91. The topological polar surface area (TPSA) is 49.6 Å². The molecule has 1 aromatic heterocycles. The molecule has 0 bridgehead atoms. The molecule has 2 aliphatic heterocycles. The first-order valence-electron chi connectivity index (χ1n) is 6.92. The van der Waals surface area contributed by atoms with E-state index in [2.05, 4.69) is 17.1 Å². The summed E-state index contributed by atoms with van der Waals surface area (Å²) >= 11 is 0. The van der Waals surface area contributed by atoms with E-state index in [-0.39, 0.29) is 5.91 Å². The van der Waals surface area contributed by atoms with Gasteiger partial charge in [-0.3, -0.25) is 4.79 Å². The van der Waals surface area contributed by atoms with E-state index in [1.165, 1.54) is 0 Å². The van der Waals surface area contributed by atoms with Crippen LogP contribution in [0.1, 0.15) is 17.0 Å². The lowest BCUT2D eigenvalue weighted by atomic mass is 10.0. The smallest absolute Gasteiger partial charge is 0.227 e. The molecule has 0 N–H and O–H groups in total. The van der Waals surface area contributed by atoms with Crippen LogP contribution in [-0.4, -0.2) is 54.1 Å². The third kappa shape index (κ3) is 2.27. The number of carbonyl (C=O) groups is 1. The highest BCUT2D eigenvalue weighted by atomic mass is 16.5. The Balaban J connectivity index is 1.64. The van der Waals surface area contributed by atoms with Gasteiger partial charge in [0.25, 0.3) is 0 Å². The molecule has 0 spiro atoms. The summed E-state index contributed by atoms with van der Waals surface area (Å²) in [5.41, 5.74) is 1.80. The predicted molar refractivity (Wildman–Crippen MR) is 70.7 cm³/mol. The zero-order chi connectivity index (χ0) is 13.6. The fraction of sp³-hybridized carbons (Fsp3) is 0.714. The molecule has 1 amide bonds. The Morgan fingerprint density at radius 3 is 2.42 bits per heavy atom. The second kappa shape index (κ2) is 4.63. The third-order valence-corrected chi connectivity index (χ3v) is 4.53. The van der Waals surface area contributed by atoms with Gasteiger partial charge in [0.2, 0.25) is 5.91 Å². The highest BCUT2D eigenvalue weighted by molar-refractivity contribution is 5.79. The second-order valence-electron chi connectivity index (χ2n) is 6.02. The lowest BCUT2D eigenvalue weighted by Gasteiger charge is -2.19. The van der Waals surface area contributed by atoms with Crippen molar-refractivity contribution in [2.24, 2.45) is 11.8 Å². The van der Waals surface area contributed by atoms with Crippen LogP contribution in [0.4, 0.5) is 0 Å². The SMILES string of the molecule is Cc1noc(C)c1CC(=O)N1CC2CN(C)CC2C1. The number of nitrogens with zero attached hydrogens (tertiary/aromatic N) is 3. The van der Waals surface area contributed by atoms with Gasteiger partial charge in [-0.1, -0.05) is 5.16 Å². The molecule has 3 rings (SSSR count). The van der Waals surface area contributed by atoms with E-state index >= 15 is 0 Å². The number of aromatic nitrogens is 1. The van der Waals surface area contributed by atoms with Crippen molar-refractivity contribution in [2.75, 3.05) is 33.2 Å².